The maximum Gasteiger partial charge on any atom is 0.417 e. The first-order chi connectivity index (χ1) is 12.4. The van der Waals surface area contributed by atoms with Crippen molar-refractivity contribution in [2.45, 2.75) is 16.2 Å². The Hall–Kier alpha value is -2.94. The minimum atomic E-state index is -4.42. The molecule has 1 N–H and O–H groups in total. The van der Waals surface area contributed by atoms with E-state index in [-0.39, 0.29) is 5.91 Å². The molecular weight excluding hydrogens is 365 g/mol. The molecule has 0 aliphatic carbocycles. The van der Waals surface area contributed by atoms with Crippen LogP contribution in [-0.2, 0) is 6.18 Å². The number of nitrogens with zero attached hydrogens (tertiary/aromatic N) is 3. The number of halogens is 3. The first-order valence-corrected chi connectivity index (χ1v) is 8.12. The van der Waals surface area contributed by atoms with Crippen molar-refractivity contribution in [1.82, 2.24) is 15.0 Å². The summed E-state index contributed by atoms with van der Waals surface area (Å²) in [5.74, 6) is -0.338. The maximum atomic E-state index is 12.5. The van der Waals surface area contributed by atoms with Gasteiger partial charge in [-0.1, -0.05) is 11.8 Å². The van der Waals surface area contributed by atoms with Crippen molar-refractivity contribution in [3.63, 3.8) is 0 Å². The molecule has 0 fully saturated rings. The van der Waals surface area contributed by atoms with Crippen LogP contribution in [0, 0.1) is 0 Å². The minimum Gasteiger partial charge on any atom is -0.321 e. The average molecular weight is 376 g/mol. The first-order valence-electron chi connectivity index (χ1n) is 7.30. The van der Waals surface area contributed by atoms with Crippen molar-refractivity contribution in [3.05, 3.63) is 72.3 Å². The fourth-order valence-corrected chi connectivity index (χ4v) is 2.63. The van der Waals surface area contributed by atoms with E-state index in [1.807, 2.05) is 0 Å². The second kappa shape index (κ2) is 7.52. The van der Waals surface area contributed by atoms with Crippen molar-refractivity contribution in [2.24, 2.45) is 0 Å². The second-order valence-corrected chi connectivity index (χ2v) is 6.11. The number of anilines is 1. The standard InChI is InChI=1S/C17H11F3N4OS/c18-17(19,20)12-4-6-15(23-9-12)26-14-5-3-11(8-22-14)16(25)24-13-2-1-7-21-10-13/h1-10H,(H,24,25). The van der Waals surface area contributed by atoms with Gasteiger partial charge < -0.3 is 5.32 Å². The monoisotopic (exact) mass is 376 g/mol. The van der Waals surface area contributed by atoms with Crippen molar-refractivity contribution in [2.75, 3.05) is 5.32 Å². The summed E-state index contributed by atoms with van der Waals surface area (Å²) in [6.45, 7) is 0. The third-order valence-electron chi connectivity index (χ3n) is 3.19. The fraction of sp³-hybridized carbons (Fsp3) is 0.0588. The van der Waals surface area contributed by atoms with E-state index in [4.69, 9.17) is 0 Å². The predicted octanol–water partition coefficient (Wildman–Crippen LogP) is 4.29. The molecule has 26 heavy (non-hydrogen) atoms. The topological polar surface area (TPSA) is 67.8 Å². The van der Waals surface area contributed by atoms with Gasteiger partial charge in [-0.15, -0.1) is 0 Å². The van der Waals surface area contributed by atoms with Gasteiger partial charge in [-0.25, -0.2) is 9.97 Å². The van der Waals surface area contributed by atoms with Gasteiger partial charge in [0.1, 0.15) is 10.1 Å². The number of amides is 1. The van der Waals surface area contributed by atoms with Crippen LogP contribution in [0.15, 0.2) is 71.2 Å². The Morgan fingerprint density at radius 2 is 1.69 bits per heavy atom. The normalized spacial score (nSPS) is 11.2. The summed E-state index contributed by atoms with van der Waals surface area (Å²) in [6, 6.07) is 8.82. The number of carbonyl (C=O) groups excluding carboxylic acids is 1. The third kappa shape index (κ3) is 4.57. The number of hydrogen-bond donors (Lipinski definition) is 1. The summed E-state index contributed by atoms with van der Waals surface area (Å²) >= 11 is 1.10. The van der Waals surface area contributed by atoms with Crippen LogP contribution in [-0.4, -0.2) is 20.9 Å². The molecule has 0 atom stereocenters. The minimum absolute atomic E-state index is 0.338. The summed E-state index contributed by atoms with van der Waals surface area (Å²) in [7, 11) is 0. The average Bonchev–Trinajstić information content (AvgIpc) is 2.63. The maximum absolute atomic E-state index is 12.5. The molecule has 1 amide bonds. The van der Waals surface area contributed by atoms with Crippen LogP contribution in [0.25, 0.3) is 0 Å². The highest BCUT2D eigenvalue weighted by molar-refractivity contribution is 7.99. The molecule has 132 valence electrons. The van der Waals surface area contributed by atoms with E-state index >= 15 is 0 Å². The lowest BCUT2D eigenvalue weighted by atomic mass is 10.2. The molecule has 0 spiro atoms. The number of pyridine rings is 3. The summed E-state index contributed by atoms with van der Waals surface area (Å²) in [5, 5.41) is 3.56. The Kier molecular flexibility index (Phi) is 5.17. The van der Waals surface area contributed by atoms with Crippen LogP contribution in [0.4, 0.5) is 18.9 Å². The van der Waals surface area contributed by atoms with Crippen molar-refractivity contribution in [3.8, 4) is 0 Å². The molecular formula is C17H11F3N4OS. The van der Waals surface area contributed by atoms with Crippen LogP contribution >= 0.6 is 11.8 Å². The molecule has 0 saturated carbocycles. The van der Waals surface area contributed by atoms with Gasteiger partial charge in [-0.05, 0) is 36.4 Å². The first kappa shape index (κ1) is 17.9. The highest BCUT2D eigenvalue weighted by Gasteiger charge is 2.30. The van der Waals surface area contributed by atoms with E-state index in [0.29, 0.717) is 21.3 Å². The van der Waals surface area contributed by atoms with Crippen molar-refractivity contribution < 1.29 is 18.0 Å². The van der Waals surface area contributed by atoms with Crippen LogP contribution in [0.3, 0.4) is 0 Å². The van der Waals surface area contributed by atoms with Crippen molar-refractivity contribution >= 4 is 23.4 Å². The van der Waals surface area contributed by atoms with Gasteiger partial charge in [0, 0.05) is 18.6 Å². The smallest absolute Gasteiger partial charge is 0.321 e. The number of rotatable bonds is 4. The van der Waals surface area contributed by atoms with Gasteiger partial charge >= 0.3 is 6.18 Å². The van der Waals surface area contributed by atoms with E-state index in [9.17, 15) is 18.0 Å². The zero-order valence-corrected chi connectivity index (χ0v) is 13.9. The third-order valence-corrected chi connectivity index (χ3v) is 4.09. The van der Waals surface area contributed by atoms with Crippen LogP contribution in [0.2, 0.25) is 0 Å². The lowest BCUT2D eigenvalue weighted by Gasteiger charge is -2.07. The second-order valence-electron chi connectivity index (χ2n) is 5.07. The molecule has 0 unspecified atom stereocenters. The van der Waals surface area contributed by atoms with Gasteiger partial charge in [0.2, 0.25) is 0 Å². The number of nitrogens with one attached hydrogen (secondary N) is 1. The van der Waals surface area contributed by atoms with E-state index in [2.05, 4.69) is 20.3 Å². The molecule has 3 heterocycles. The molecule has 3 rings (SSSR count). The SMILES string of the molecule is O=C(Nc1cccnc1)c1ccc(Sc2ccc(C(F)(F)F)cn2)nc1. The Morgan fingerprint density at radius 3 is 2.23 bits per heavy atom. The molecule has 9 heteroatoms. The highest BCUT2D eigenvalue weighted by atomic mass is 32.2. The van der Waals surface area contributed by atoms with Crippen LogP contribution in [0.5, 0.6) is 0 Å². The molecule has 0 aliphatic heterocycles. The van der Waals surface area contributed by atoms with E-state index in [1.54, 1.807) is 30.5 Å². The van der Waals surface area contributed by atoms with E-state index in [0.717, 1.165) is 24.0 Å². The van der Waals surface area contributed by atoms with Gasteiger partial charge in [0.15, 0.2) is 0 Å². The van der Waals surface area contributed by atoms with Gasteiger partial charge in [-0.3, -0.25) is 9.78 Å². The van der Waals surface area contributed by atoms with Gasteiger partial charge in [0.05, 0.1) is 23.0 Å². The fourth-order valence-electron chi connectivity index (χ4n) is 1.93. The number of carbonyl (C=O) groups is 1. The lowest BCUT2D eigenvalue weighted by Crippen LogP contribution is -2.12. The van der Waals surface area contributed by atoms with E-state index < -0.39 is 11.7 Å². The zero-order valence-electron chi connectivity index (χ0n) is 13.1. The number of aromatic nitrogens is 3. The molecule has 3 aromatic heterocycles. The largest absolute Gasteiger partial charge is 0.417 e. The molecule has 0 aromatic carbocycles. The molecule has 5 nitrogen and oxygen atoms in total. The Labute approximate surface area is 150 Å². The van der Waals surface area contributed by atoms with E-state index in [1.165, 1.54) is 18.5 Å². The van der Waals surface area contributed by atoms with Gasteiger partial charge in [-0.2, -0.15) is 13.2 Å². The summed E-state index contributed by atoms with van der Waals surface area (Å²) < 4.78 is 37.6. The van der Waals surface area contributed by atoms with Crippen LogP contribution < -0.4 is 5.32 Å². The zero-order chi connectivity index (χ0) is 18.6. The van der Waals surface area contributed by atoms with Crippen molar-refractivity contribution in [1.29, 1.82) is 0 Å². The molecule has 0 aliphatic rings. The van der Waals surface area contributed by atoms with Crippen LogP contribution in [0.1, 0.15) is 15.9 Å². The number of hydrogen-bond acceptors (Lipinski definition) is 5. The predicted molar refractivity (Wildman–Crippen MR) is 89.8 cm³/mol. The lowest BCUT2D eigenvalue weighted by molar-refractivity contribution is -0.137. The Bertz CT molecular complexity index is 885. The summed E-state index contributed by atoms with van der Waals surface area (Å²) in [4.78, 5) is 23.9. The molecule has 0 saturated heterocycles. The highest BCUT2D eigenvalue weighted by Crippen LogP contribution is 2.31. The molecule has 3 aromatic rings. The molecule has 0 radical (unpaired) electrons. The molecule has 0 bridgehead atoms. The Morgan fingerprint density at radius 1 is 0.962 bits per heavy atom. The summed E-state index contributed by atoms with van der Waals surface area (Å²) in [6.07, 6.45) is 0.859. The number of alkyl halides is 3. The Balaban J connectivity index is 1.65. The van der Waals surface area contributed by atoms with Gasteiger partial charge in [0.25, 0.3) is 5.91 Å². The quantitative estimate of drug-likeness (QED) is 0.736. The summed E-state index contributed by atoms with van der Waals surface area (Å²) in [5.41, 5.74) is 0.0979.